The van der Waals surface area contributed by atoms with Crippen molar-refractivity contribution in [1.29, 1.82) is 0 Å². The summed E-state index contributed by atoms with van der Waals surface area (Å²) in [6.07, 6.45) is 3.96. The number of hydrogen-bond acceptors (Lipinski definition) is 5. The zero-order valence-corrected chi connectivity index (χ0v) is 13.6. The Hall–Kier alpha value is -1.63. The molecule has 1 N–H and O–H groups in total. The molecule has 0 bridgehead atoms. The van der Waals surface area contributed by atoms with Crippen molar-refractivity contribution in [2.24, 2.45) is 5.92 Å². The second kappa shape index (κ2) is 7.40. The number of fused-ring (bicyclic) bond motifs is 1. The molecule has 6 nitrogen and oxygen atoms in total. The van der Waals surface area contributed by atoms with E-state index in [1.54, 1.807) is 4.52 Å². The summed E-state index contributed by atoms with van der Waals surface area (Å²) in [6, 6.07) is 0. The highest BCUT2D eigenvalue weighted by molar-refractivity contribution is 7.15. The maximum Gasteiger partial charge on any atom is 0.414 e. The number of thiazole rings is 1. The lowest BCUT2D eigenvalue weighted by molar-refractivity contribution is 0.136. The van der Waals surface area contributed by atoms with Crippen LogP contribution in [0.5, 0.6) is 0 Å². The number of carbonyl (C=O) groups is 1. The van der Waals surface area contributed by atoms with Crippen molar-refractivity contribution in [3.05, 3.63) is 11.1 Å². The number of aryl methyl sites for hydroxylation is 1. The maximum atomic E-state index is 11.8. The average molecular weight is 310 g/mol. The van der Waals surface area contributed by atoms with Crippen molar-refractivity contribution >= 4 is 28.3 Å². The van der Waals surface area contributed by atoms with Crippen LogP contribution in [0.25, 0.3) is 4.96 Å². The molecule has 0 fully saturated rings. The molecule has 2 heterocycles. The van der Waals surface area contributed by atoms with Crippen LogP contribution in [-0.2, 0) is 4.74 Å². The highest BCUT2D eigenvalue weighted by Gasteiger charge is 2.13. The van der Waals surface area contributed by atoms with Gasteiger partial charge < -0.3 is 4.74 Å². The van der Waals surface area contributed by atoms with Gasteiger partial charge >= 0.3 is 6.09 Å². The van der Waals surface area contributed by atoms with Crippen LogP contribution in [0.2, 0.25) is 0 Å². The van der Waals surface area contributed by atoms with E-state index in [1.807, 2.05) is 12.3 Å². The summed E-state index contributed by atoms with van der Waals surface area (Å²) in [4.78, 5) is 16.8. The minimum Gasteiger partial charge on any atom is -0.449 e. The molecule has 0 aromatic carbocycles. The predicted octanol–water partition coefficient (Wildman–Crippen LogP) is 3.86. The lowest BCUT2D eigenvalue weighted by Gasteiger charge is -2.14. The smallest absolute Gasteiger partial charge is 0.414 e. The Balaban J connectivity index is 1.83. The molecule has 21 heavy (non-hydrogen) atoms. The summed E-state index contributed by atoms with van der Waals surface area (Å²) in [5, 5.41) is 8.77. The zero-order valence-electron chi connectivity index (χ0n) is 12.8. The van der Waals surface area contributed by atoms with Crippen molar-refractivity contribution in [2.75, 3.05) is 11.9 Å². The molecule has 0 aliphatic carbocycles. The molecule has 2 aromatic heterocycles. The standard InChI is InChI=1S/C14H22N4O2S/c1-4-6-7-11(5-2)8-20-14(19)16-12-15-13-18(17-12)10(3)9-21-13/h9,11H,4-8H2,1-3H3,(H,16,17,19). The van der Waals surface area contributed by atoms with Gasteiger partial charge in [0.25, 0.3) is 5.95 Å². The van der Waals surface area contributed by atoms with E-state index in [0.717, 1.165) is 29.9 Å². The molecule has 0 radical (unpaired) electrons. The van der Waals surface area contributed by atoms with E-state index in [2.05, 4.69) is 29.2 Å². The SMILES string of the molecule is CCCCC(CC)COC(=O)Nc1nc2scc(C)n2n1. The molecule has 0 aliphatic rings. The Morgan fingerprint density at radius 3 is 3.00 bits per heavy atom. The predicted molar refractivity (Wildman–Crippen MR) is 83.9 cm³/mol. The van der Waals surface area contributed by atoms with Crippen LogP contribution in [0.15, 0.2) is 5.38 Å². The van der Waals surface area contributed by atoms with Gasteiger partial charge in [-0.3, -0.25) is 5.32 Å². The Bertz CT molecular complexity index is 593. The van der Waals surface area contributed by atoms with Gasteiger partial charge in [0.1, 0.15) is 0 Å². The van der Waals surface area contributed by atoms with Crippen LogP contribution in [0.4, 0.5) is 10.7 Å². The molecule has 1 amide bonds. The summed E-state index contributed by atoms with van der Waals surface area (Å²) in [7, 11) is 0. The number of anilines is 1. The van der Waals surface area contributed by atoms with Gasteiger partial charge in [-0.1, -0.05) is 33.1 Å². The van der Waals surface area contributed by atoms with E-state index in [1.165, 1.54) is 17.8 Å². The fourth-order valence-corrected chi connectivity index (χ4v) is 2.86. The molecule has 1 atom stereocenters. The fraction of sp³-hybridized carbons (Fsp3) is 0.643. The second-order valence-corrected chi connectivity index (χ2v) is 5.98. The molecule has 0 saturated heterocycles. The minimum atomic E-state index is -0.485. The zero-order chi connectivity index (χ0) is 15.2. The molecule has 0 aliphatic heterocycles. The average Bonchev–Trinajstić information content (AvgIpc) is 3.01. The molecule has 2 rings (SSSR count). The number of unbranched alkanes of at least 4 members (excludes halogenated alkanes) is 1. The third-order valence-corrected chi connectivity index (χ3v) is 4.39. The summed E-state index contributed by atoms with van der Waals surface area (Å²) in [5.41, 5.74) is 0.995. The number of nitrogens with zero attached hydrogens (tertiary/aromatic N) is 3. The van der Waals surface area contributed by atoms with Gasteiger partial charge in [0.05, 0.1) is 12.3 Å². The van der Waals surface area contributed by atoms with Crippen LogP contribution < -0.4 is 5.32 Å². The van der Waals surface area contributed by atoms with Crippen LogP contribution >= 0.6 is 11.3 Å². The minimum absolute atomic E-state index is 0.288. The first-order valence-corrected chi connectivity index (χ1v) is 8.26. The number of aromatic nitrogens is 3. The third-order valence-electron chi connectivity index (χ3n) is 3.45. The summed E-state index contributed by atoms with van der Waals surface area (Å²) >= 11 is 1.49. The summed E-state index contributed by atoms with van der Waals surface area (Å²) in [5.74, 6) is 0.716. The van der Waals surface area contributed by atoms with E-state index < -0.39 is 6.09 Å². The fourth-order valence-electron chi connectivity index (χ4n) is 2.06. The normalized spacial score (nSPS) is 12.5. The first-order valence-electron chi connectivity index (χ1n) is 7.38. The Labute approximate surface area is 128 Å². The molecule has 1 unspecified atom stereocenters. The van der Waals surface area contributed by atoms with E-state index in [4.69, 9.17) is 4.74 Å². The lowest BCUT2D eigenvalue weighted by Crippen LogP contribution is -2.19. The Morgan fingerprint density at radius 2 is 2.33 bits per heavy atom. The van der Waals surface area contributed by atoms with E-state index in [9.17, 15) is 4.79 Å². The number of carbonyl (C=O) groups excluding carboxylic acids is 1. The van der Waals surface area contributed by atoms with Crippen molar-refractivity contribution in [3.63, 3.8) is 0 Å². The van der Waals surface area contributed by atoms with Gasteiger partial charge in [-0.25, -0.2) is 9.31 Å². The number of rotatable bonds is 7. The molecular weight excluding hydrogens is 288 g/mol. The van der Waals surface area contributed by atoms with Crippen LogP contribution in [0.3, 0.4) is 0 Å². The Morgan fingerprint density at radius 1 is 1.52 bits per heavy atom. The van der Waals surface area contributed by atoms with Crippen LogP contribution in [0.1, 0.15) is 45.2 Å². The summed E-state index contributed by atoms with van der Waals surface area (Å²) < 4.78 is 6.97. The highest BCUT2D eigenvalue weighted by Crippen LogP contribution is 2.16. The van der Waals surface area contributed by atoms with Crippen molar-refractivity contribution in [2.45, 2.75) is 46.5 Å². The van der Waals surface area contributed by atoms with Crippen LogP contribution in [0, 0.1) is 12.8 Å². The molecule has 2 aromatic rings. The van der Waals surface area contributed by atoms with Gasteiger partial charge in [0.15, 0.2) is 0 Å². The van der Waals surface area contributed by atoms with Gasteiger partial charge in [-0.05, 0) is 19.3 Å². The van der Waals surface area contributed by atoms with E-state index in [-0.39, 0.29) is 5.95 Å². The van der Waals surface area contributed by atoms with E-state index in [0.29, 0.717) is 12.5 Å². The molecule has 7 heteroatoms. The van der Waals surface area contributed by atoms with Crippen molar-refractivity contribution < 1.29 is 9.53 Å². The molecule has 116 valence electrons. The first-order chi connectivity index (χ1) is 10.1. The topological polar surface area (TPSA) is 68.5 Å². The number of hydrogen-bond donors (Lipinski definition) is 1. The van der Waals surface area contributed by atoms with Gasteiger partial charge in [0.2, 0.25) is 4.96 Å². The van der Waals surface area contributed by atoms with Gasteiger partial charge in [-0.2, -0.15) is 4.98 Å². The lowest BCUT2D eigenvalue weighted by atomic mass is 10.0. The quantitative estimate of drug-likeness (QED) is 0.843. The maximum absolute atomic E-state index is 11.8. The highest BCUT2D eigenvalue weighted by atomic mass is 32.1. The molecule has 0 saturated carbocycles. The second-order valence-electron chi connectivity index (χ2n) is 5.15. The monoisotopic (exact) mass is 310 g/mol. The molecular formula is C14H22N4O2S. The van der Waals surface area contributed by atoms with Crippen molar-refractivity contribution in [3.8, 4) is 0 Å². The van der Waals surface area contributed by atoms with Crippen LogP contribution in [-0.4, -0.2) is 27.3 Å². The molecule has 0 spiro atoms. The summed E-state index contributed by atoms with van der Waals surface area (Å²) in [6.45, 7) is 6.68. The Kier molecular flexibility index (Phi) is 5.55. The number of ether oxygens (including phenoxy) is 1. The number of amides is 1. The van der Waals surface area contributed by atoms with Crippen molar-refractivity contribution in [1.82, 2.24) is 14.6 Å². The first kappa shape index (κ1) is 15.8. The largest absolute Gasteiger partial charge is 0.449 e. The van der Waals surface area contributed by atoms with Gasteiger partial charge in [-0.15, -0.1) is 16.4 Å². The van der Waals surface area contributed by atoms with Gasteiger partial charge in [0, 0.05) is 5.38 Å². The number of nitrogens with one attached hydrogen (secondary N) is 1. The van der Waals surface area contributed by atoms with E-state index >= 15 is 0 Å². The third kappa shape index (κ3) is 4.17.